The van der Waals surface area contributed by atoms with Crippen LogP contribution in [0.3, 0.4) is 0 Å². The van der Waals surface area contributed by atoms with E-state index in [1.165, 1.54) is 6.92 Å². The summed E-state index contributed by atoms with van der Waals surface area (Å²) in [6, 6.07) is 0. The second-order valence-corrected chi connectivity index (χ2v) is 8.71. The maximum atomic E-state index is 13.0. The van der Waals surface area contributed by atoms with Gasteiger partial charge in [-0.2, -0.15) is 0 Å². The van der Waals surface area contributed by atoms with Gasteiger partial charge in [0.15, 0.2) is 11.5 Å². The predicted octanol–water partition coefficient (Wildman–Crippen LogP) is 2.58. The number of aliphatic hydroxyl groups excluding tert-OH is 1. The number of aliphatic hydroxyl groups is 1. The van der Waals surface area contributed by atoms with Crippen molar-refractivity contribution >= 4 is 11.6 Å². The third-order valence-electron chi connectivity index (χ3n) is 6.24. The fourth-order valence-electron chi connectivity index (χ4n) is 5.26. The van der Waals surface area contributed by atoms with E-state index in [9.17, 15) is 30.0 Å². The molecule has 1 aromatic carbocycles. The SMILES string of the molecule is CC(O)Cc1c(O)c(O)c2c(c1O)C(=O)C(=O)C1C(C)(C)CCCC21C. The van der Waals surface area contributed by atoms with E-state index in [1.807, 2.05) is 20.8 Å². The lowest BCUT2D eigenvalue weighted by Crippen LogP contribution is -2.54. The summed E-state index contributed by atoms with van der Waals surface area (Å²) in [6.45, 7) is 7.14. The number of ketones is 2. The first-order valence-corrected chi connectivity index (χ1v) is 9.00. The molecule has 26 heavy (non-hydrogen) atoms. The fraction of sp³-hybridized carbons (Fsp3) is 0.600. The van der Waals surface area contributed by atoms with E-state index in [0.717, 1.165) is 12.8 Å². The summed E-state index contributed by atoms with van der Waals surface area (Å²) in [5.41, 5.74) is -1.48. The van der Waals surface area contributed by atoms with Crippen molar-refractivity contribution in [2.24, 2.45) is 11.3 Å². The van der Waals surface area contributed by atoms with Crippen LogP contribution in [-0.2, 0) is 16.6 Å². The minimum Gasteiger partial charge on any atom is -0.507 e. The zero-order valence-electron chi connectivity index (χ0n) is 15.6. The Morgan fingerprint density at radius 2 is 1.65 bits per heavy atom. The van der Waals surface area contributed by atoms with Gasteiger partial charge in [0.25, 0.3) is 0 Å². The van der Waals surface area contributed by atoms with Crippen molar-refractivity contribution in [3.8, 4) is 17.2 Å². The summed E-state index contributed by atoms with van der Waals surface area (Å²) >= 11 is 0. The minimum absolute atomic E-state index is 0.116. The van der Waals surface area contributed by atoms with Crippen LogP contribution in [0.15, 0.2) is 0 Å². The Kier molecular flexibility index (Phi) is 4.11. The molecule has 0 radical (unpaired) electrons. The maximum Gasteiger partial charge on any atom is 0.233 e. The molecule has 0 amide bonds. The average molecular weight is 362 g/mol. The topological polar surface area (TPSA) is 115 Å². The van der Waals surface area contributed by atoms with Crippen molar-refractivity contribution in [1.29, 1.82) is 0 Å². The molecule has 0 saturated heterocycles. The minimum atomic E-state index is -0.907. The molecule has 0 heterocycles. The Morgan fingerprint density at radius 1 is 1.04 bits per heavy atom. The number of Topliss-reactive ketones (excluding diaryl/α,β-unsaturated/α-hetero) is 2. The molecular formula is C20H26O6. The van der Waals surface area contributed by atoms with Gasteiger partial charge in [-0.1, -0.05) is 27.2 Å². The van der Waals surface area contributed by atoms with Crippen molar-refractivity contribution in [3.05, 3.63) is 16.7 Å². The molecule has 0 bridgehead atoms. The lowest BCUT2D eigenvalue weighted by Gasteiger charge is -2.52. The number of phenolic OH excluding ortho intramolecular Hbond substituents is 3. The Balaban J connectivity index is 2.37. The van der Waals surface area contributed by atoms with E-state index >= 15 is 0 Å². The highest BCUT2D eigenvalue weighted by Crippen LogP contribution is 2.60. The Morgan fingerprint density at radius 3 is 2.23 bits per heavy atom. The summed E-state index contributed by atoms with van der Waals surface area (Å²) in [6.07, 6.45) is 1.09. The number of fused-ring (bicyclic) bond motifs is 3. The number of hydrogen-bond acceptors (Lipinski definition) is 6. The Bertz CT molecular complexity index is 807. The maximum absolute atomic E-state index is 13.0. The molecule has 0 spiro atoms. The van der Waals surface area contributed by atoms with Crippen LogP contribution in [0.4, 0.5) is 0 Å². The normalized spacial score (nSPS) is 28.4. The van der Waals surface area contributed by atoms with Gasteiger partial charge in [0, 0.05) is 28.9 Å². The van der Waals surface area contributed by atoms with Crippen molar-refractivity contribution in [2.45, 2.75) is 64.9 Å². The zero-order chi connectivity index (χ0) is 19.6. The smallest absolute Gasteiger partial charge is 0.233 e. The van der Waals surface area contributed by atoms with Gasteiger partial charge in [-0.15, -0.1) is 0 Å². The van der Waals surface area contributed by atoms with Crippen LogP contribution < -0.4 is 0 Å². The number of phenols is 3. The number of carbonyl (C=O) groups excluding carboxylic acids is 2. The molecule has 142 valence electrons. The van der Waals surface area contributed by atoms with Crippen LogP contribution in [0, 0.1) is 11.3 Å². The third kappa shape index (κ3) is 2.35. The fourth-order valence-corrected chi connectivity index (χ4v) is 5.26. The molecule has 3 atom stereocenters. The van der Waals surface area contributed by atoms with Crippen molar-refractivity contribution in [2.75, 3.05) is 0 Å². The average Bonchev–Trinajstić information content (AvgIpc) is 2.51. The van der Waals surface area contributed by atoms with Crippen LogP contribution in [0.5, 0.6) is 17.2 Å². The van der Waals surface area contributed by atoms with Crippen LogP contribution >= 0.6 is 0 Å². The van der Waals surface area contributed by atoms with Crippen LogP contribution in [0.25, 0.3) is 0 Å². The second-order valence-electron chi connectivity index (χ2n) is 8.71. The van der Waals surface area contributed by atoms with E-state index in [4.69, 9.17) is 0 Å². The molecular weight excluding hydrogens is 336 g/mol. The summed E-state index contributed by atoms with van der Waals surface area (Å²) in [5.74, 6) is -3.55. The van der Waals surface area contributed by atoms with Gasteiger partial charge in [0.1, 0.15) is 5.75 Å². The van der Waals surface area contributed by atoms with E-state index in [0.29, 0.717) is 6.42 Å². The number of hydrogen-bond donors (Lipinski definition) is 4. The van der Waals surface area contributed by atoms with Gasteiger partial charge in [-0.3, -0.25) is 9.59 Å². The molecule has 0 aromatic heterocycles. The molecule has 2 aliphatic rings. The molecule has 4 N–H and O–H groups in total. The summed E-state index contributed by atoms with van der Waals surface area (Å²) in [4.78, 5) is 25.8. The first-order valence-electron chi connectivity index (χ1n) is 9.00. The quantitative estimate of drug-likeness (QED) is 0.365. The van der Waals surface area contributed by atoms with Crippen LogP contribution in [-0.4, -0.2) is 38.1 Å². The molecule has 1 aromatic rings. The molecule has 6 heteroatoms. The largest absolute Gasteiger partial charge is 0.507 e. The lowest BCUT2D eigenvalue weighted by atomic mass is 9.49. The van der Waals surface area contributed by atoms with Crippen LogP contribution in [0.2, 0.25) is 0 Å². The number of aromatic hydroxyl groups is 3. The molecule has 1 fully saturated rings. The molecule has 3 rings (SSSR count). The van der Waals surface area contributed by atoms with Crippen molar-refractivity contribution in [1.82, 2.24) is 0 Å². The van der Waals surface area contributed by atoms with E-state index in [2.05, 4.69) is 0 Å². The molecule has 3 unspecified atom stereocenters. The van der Waals surface area contributed by atoms with Gasteiger partial charge in [0.05, 0.1) is 11.7 Å². The van der Waals surface area contributed by atoms with Gasteiger partial charge < -0.3 is 20.4 Å². The molecule has 0 aliphatic heterocycles. The zero-order valence-corrected chi connectivity index (χ0v) is 15.6. The third-order valence-corrected chi connectivity index (χ3v) is 6.24. The van der Waals surface area contributed by atoms with E-state index in [-0.39, 0.29) is 23.1 Å². The van der Waals surface area contributed by atoms with E-state index in [1.54, 1.807) is 0 Å². The molecule has 6 nitrogen and oxygen atoms in total. The Hall–Kier alpha value is -2.08. The molecule has 1 saturated carbocycles. The highest BCUT2D eigenvalue weighted by Gasteiger charge is 2.59. The standard InChI is InChI=1S/C20H26O6/c1-9(21)8-10-13(22)11-12(16(25)14(10)23)20(4)7-5-6-19(2,3)18(20)17(26)15(11)24/h9,18,21-23,25H,5-8H2,1-4H3. The van der Waals surface area contributed by atoms with Gasteiger partial charge >= 0.3 is 0 Å². The number of rotatable bonds is 2. The first kappa shape index (κ1) is 18.7. The van der Waals surface area contributed by atoms with E-state index < -0.39 is 51.7 Å². The first-order chi connectivity index (χ1) is 11.9. The summed E-state index contributed by atoms with van der Waals surface area (Å²) in [5, 5.41) is 41.5. The lowest BCUT2D eigenvalue weighted by molar-refractivity contribution is -0.128. The Labute approximate surface area is 152 Å². The molecule has 2 aliphatic carbocycles. The monoisotopic (exact) mass is 362 g/mol. The second kappa shape index (κ2) is 5.71. The highest BCUT2D eigenvalue weighted by atomic mass is 16.3. The van der Waals surface area contributed by atoms with Crippen molar-refractivity contribution in [3.63, 3.8) is 0 Å². The predicted molar refractivity (Wildman–Crippen MR) is 94.6 cm³/mol. The summed E-state index contributed by atoms with van der Waals surface area (Å²) in [7, 11) is 0. The van der Waals surface area contributed by atoms with Gasteiger partial charge in [-0.25, -0.2) is 0 Å². The number of carbonyl (C=O) groups is 2. The van der Waals surface area contributed by atoms with Gasteiger partial charge in [-0.05, 0) is 25.2 Å². The van der Waals surface area contributed by atoms with Crippen molar-refractivity contribution < 1.29 is 30.0 Å². The van der Waals surface area contributed by atoms with Gasteiger partial charge in [0.2, 0.25) is 11.6 Å². The number of benzene rings is 1. The van der Waals surface area contributed by atoms with Crippen LogP contribution in [0.1, 0.15) is 68.4 Å². The highest BCUT2D eigenvalue weighted by molar-refractivity contribution is 6.47. The summed E-state index contributed by atoms with van der Waals surface area (Å²) < 4.78 is 0.